The SMILES string of the molecule is NNC(Cc1ccc(Br)cc1)c1cc2c(s1)CCCC2. The third-order valence-corrected chi connectivity index (χ3v) is 5.79. The fraction of sp³-hybridized carbons (Fsp3) is 0.375. The standard InChI is InChI=1S/C16H19BrN2S/c17-13-7-5-11(6-8-13)9-14(19-18)16-10-12-3-1-2-4-15(12)20-16/h5-8,10,14,19H,1-4,9,18H2. The highest BCUT2D eigenvalue weighted by molar-refractivity contribution is 9.10. The lowest BCUT2D eigenvalue weighted by molar-refractivity contribution is 0.560. The summed E-state index contributed by atoms with van der Waals surface area (Å²) in [5.74, 6) is 5.79. The number of thiophene rings is 1. The second-order valence-electron chi connectivity index (χ2n) is 5.35. The molecule has 1 aromatic heterocycles. The maximum Gasteiger partial charge on any atom is 0.0593 e. The summed E-state index contributed by atoms with van der Waals surface area (Å²) in [5.41, 5.74) is 5.85. The van der Waals surface area contributed by atoms with E-state index >= 15 is 0 Å². The second kappa shape index (κ2) is 6.39. The summed E-state index contributed by atoms with van der Waals surface area (Å²) in [6, 6.07) is 11.1. The number of aryl methyl sites for hydroxylation is 2. The summed E-state index contributed by atoms with van der Waals surface area (Å²) < 4.78 is 1.12. The van der Waals surface area contributed by atoms with Crippen molar-refractivity contribution in [2.45, 2.75) is 38.1 Å². The lowest BCUT2D eigenvalue weighted by atomic mass is 9.98. The van der Waals surface area contributed by atoms with Gasteiger partial charge < -0.3 is 0 Å². The number of rotatable bonds is 4. The van der Waals surface area contributed by atoms with Crippen LogP contribution < -0.4 is 11.3 Å². The monoisotopic (exact) mass is 350 g/mol. The van der Waals surface area contributed by atoms with Gasteiger partial charge in [0.2, 0.25) is 0 Å². The van der Waals surface area contributed by atoms with Gasteiger partial charge in [-0.2, -0.15) is 0 Å². The summed E-state index contributed by atoms with van der Waals surface area (Å²) in [7, 11) is 0. The Morgan fingerprint density at radius 2 is 1.95 bits per heavy atom. The van der Waals surface area contributed by atoms with Gasteiger partial charge in [-0.15, -0.1) is 11.3 Å². The van der Waals surface area contributed by atoms with E-state index in [-0.39, 0.29) is 6.04 Å². The van der Waals surface area contributed by atoms with Crippen molar-refractivity contribution < 1.29 is 0 Å². The summed E-state index contributed by atoms with van der Waals surface area (Å²) in [6.07, 6.45) is 6.08. The topological polar surface area (TPSA) is 38.0 Å². The first-order valence-electron chi connectivity index (χ1n) is 7.08. The Labute approximate surface area is 132 Å². The van der Waals surface area contributed by atoms with Gasteiger partial charge in [0, 0.05) is 14.2 Å². The van der Waals surface area contributed by atoms with Gasteiger partial charge in [-0.1, -0.05) is 28.1 Å². The van der Waals surface area contributed by atoms with Crippen molar-refractivity contribution in [3.8, 4) is 0 Å². The molecule has 1 unspecified atom stereocenters. The summed E-state index contributed by atoms with van der Waals surface area (Å²) in [6.45, 7) is 0. The van der Waals surface area contributed by atoms with Crippen LogP contribution in [-0.2, 0) is 19.3 Å². The molecule has 0 aliphatic heterocycles. The molecule has 0 bridgehead atoms. The predicted molar refractivity (Wildman–Crippen MR) is 88.9 cm³/mol. The second-order valence-corrected chi connectivity index (χ2v) is 7.44. The van der Waals surface area contributed by atoms with Crippen molar-refractivity contribution in [2.75, 3.05) is 0 Å². The van der Waals surface area contributed by atoms with Crippen LogP contribution in [0.5, 0.6) is 0 Å². The minimum absolute atomic E-state index is 0.215. The van der Waals surface area contributed by atoms with Crippen molar-refractivity contribution in [1.82, 2.24) is 5.43 Å². The number of benzene rings is 1. The highest BCUT2D eigenvalue weighted by Gasteiger charge is 2.18. The molecule has 106 valence electrons. The van der Waals surface area contributed by atoms with Crippen LogP contribution in [0.15, 0.2) is 34.8 Å². The van der Waals surface area contributed by atoms with E-state index in [0.717, 1.165) is 10.9 Å². The number of fused-ring (bicyclic) bond motifs is 1. The summed E-state index contributed by atoms with van der Waals surface area (Å²) in [4.78, 5) is 2.95. The number of hydrazine groups is 1. The number of nitrogens with one attached hydrogen (secondary N) is 1. The first-order chi connectivity index (χ1) is 9.76. The van der Waals surface area contributed by atoms with Gasteiger partial charge in [-0.05, 0) is 61.4 Å². The molecular weight excluding hydrogens is 332 g/mol. The molecule has 0 saturated carbocycles. The first-order valence-corrected chi connectivity index (χ1v) is 8.69. The van der Waals surface area contributed by atoms with Crippen LogP contribution in [0.2, 0.25) is 0 Å². The van der Waals surface area contributed by atoms with Crippen LogP contribution in [0.1, 0.15) is 39.8 Å². The molecule has 0 amide bonds. The van der Waals surface area contributed by atoms with Gasteiger partial charge in [-0.25, -0.2) is 0 Å². The highest BCUT2D eigenvalue weighted by Crippen LogP contribution is 2.33. The lowest BCUT2D eigenvalue weighted by Gasteiger charge is -2.14. The fourth-order valence-corrected chi connectivity index (χ4v) is 4.37. The summed E-state index contributed by atoms with van der Waals surface area (Å²) >= 11 is 5.41. The average molecular weight is 351 g/mol. The van der Waals surface area contributed by atoms with E-state index in [2.05, 4.69) is 51.7 Å². The van der Waals surface area contributed by atoms with Gasteiger partial charge in [0.25, 0.3) is 0 Å². The number of halogens is 1. The van der Waals surface area contributed by atoms with Crippen molar-refractivity contribution >= 4 is 27.3 Å². The molecule has 3 rings (SSSR count). The highest BCUT2D eigenvalue weighted by atomic mass is 79.9. The van der Waals surface area contributed by atoms with Gasteiger partial charge in [0.15, 0.2) is 0 Å². The van der Waals surface area contributed by atoms with Crippen LogP contribution in [-0.4, -0.2) is 0 Å². The van der Waals surface area contributed by atoms with Crippen LogP contribution in [0, 0.1) is 0 Å². The van der Waals surface area contributed by atoms with Crippen LogP contribution in [0.3, 0.4) is 0 Å². The van der Waals surface area contributed by atoms with Gasteiger partial charge in [-0.3, -0.25) is 11.3 Å². The number of hydrogen-bond donors (Lipinski definition) is 2. The average Bonchev–Trinajstić information content (AvgIpc) is 2.90. The Kier molecular flexibility index (Phi) is 4.56. The Morgan fingerprint density at radius 3 is 2.65 bits per heavy atom. The Morgan fingerprint density at radius 1 is 1.20 bits per heavy atom. The largest absolute Gasteiger partial charge is 0.271 e. The molecule has 0 spiro atoms. The van der Waals surface area contributed by atoms with E-state index in [1.165, 1.54) is 36.1 Å². The van der Waals surface area contributed by atoms with Gasteiger partial charge in [0.1, 0.15) is 0 Å². The molecule has 1 aromatic carbocycles. The molecule has 1 heterocycles. The Hall–Kier alpha value is -0.680. The first kappa shape index (κ1) is 14.3. The van der Waals surface area contributed by atoms with Crippen molar-refractivity contribution in [3.05, 3.63) is 55.7 Å². The van der Waals surface area contributed by atoms with Gasteiger partial charge >= 0.3 is 0 Å². The molecule has 2 aromatic rings. The molecule has 4 heteroatoms. The van der Waals surface area contributed by atoms with E-state index in [4.69, 9.17) is 5.84 Å². The zero-order chi connectivity index (χ0) is 13.9. The predicted octanol–water partition coefficient (Wildman–Crippen LogP) is 4.14. The molecule has 2 nitrogen and oxygen atoms in total. The normalized spacial score (nSPS) is 15.9. The molecule has 1 atom stereocenters. The molecule has 3 N–H and O–H groups in total. The van der Waals surface area contributed by atoms with Crippen molar-refractivity contribution in [3.63, 3.8) is 0 Å². The third kappa shape index (κ3) is 3.14. The Bertz CT molecular complexity index is 553. The Balaban J connectivity index is 1.79. The minimum atomic E-state index is 0.215. The minimum Gasteiger partial charge on any atom is -0.271 e. The van der Waals surface area contributed by atoms with Gasteiger partial charge in [0.05, 0.1) is 6.04 Å². The van der Waals surface area contributed by atoms with Crippen molar-refractivity contribution in [2.24, 2.45) is 5.84 Å². The fourth-order valence-electron chi connectivity index (χ4n) is 2.78. The zero-order valence-corrected chi connectivity index (χ0v) is 13.8. The molecular formula is C16H19BrN2S. The molecule has 0 radical (unpaired) electrons. The zero-order valence-electron chi connectivity index (χ0n) is 11.4. The van der Waals surface area contributed by atoms with E-state index in [9.17, 15) is 0 Å². The van der Waals surface area contributed by atoms with Crippen LogP contribution in [0.25, 0.3) is 0 Å². The van der Waals surface area contributed by atoms with Crippen LogP contribution in [0.4, 0.5) is 0 Å². The third-order valence-electron chi connectivity index (χ3n) is 3.91. The maximum atomic E-state index is 5.79. The van der Waals surface area contributed by atoms with E-state index in [0.29, 0.717) is 0 Å². The smallest absolute Gasteiger partial charge is 0.0593 e. The quantitative estimate of drug-likeness (QED) is 0.642. The molecule has 1 aliphatic carbocycles. The van der Waals surface area contributed by atoms with E-state index in [1.54, 1.807) is 10.4 Å². The molecule has 0 saturated heterocycles. The van der Waals surface area contributed by atoms with E-state index < -0.39 is 0 Å². The number of hydrogen-bond acceptors (Lipinski definition) is 3. The van der Waals surface area contributed by atoms with Crippen LogP contribution >= 0.6 is 27.3 Å². The number of nitrogens with two attached hydrogens (primary N) is 1. The van der Waals surface area contributed by atoms with Crippen molar-refractivity contribution in [1.29, 1.82) is 0 Å². The lowest BCUT2D eigenvalue weighted by Crippen LogP contribution is -2.28. The molecule has 20 heavy (non-hydrogen) atoms. The van der Waals surface area contributed by atoms with E-state index in [1.807, 2.05) is 11.3 Å². The molecule has 1 aliphatic rings. The molecule has 0 fully saturated rings. The maximum absolute atomic E-state index is 5.79. The summed E-state index contributed by atoms with van der Waals surface area (Å²) in [5, 5.41) is 0.